The lowest BCUT2D eigenvalue weighted by atomic mass is 10.1. The van der Waals surface area contributed by atoms with E-state index in [0.717, 1.165) is 54.1 Å². The monoisotopic (exact) mass is 576 g/mol. The molecule has 0 bridgehead atoms. The molecule has 3 heterocycles. The molecule has 1 unspecified atom stereocenters. The molecule has 182 valence electrons. The number of aliphatic imine (C=N–C) groups is 1. The van der Waals surface area contributed by atoms with Crippen LogP contribution in [0.4, 0.5) is 0 Å². The second-order valence-corrected chi connectivity index (χ2v) is 8.13. The zero-order valence-corrected chi connectivity index (χ0v) is 22.3. The summed E-state index contributed by atoms with van der Waals surface area (Å²) in [5.41, 5.74) is 3.31. The van der Waals surface area contributed by atoms with E-state index in [0.29, 0.717) is 19.7 Å². The molecule has 2 aromatic heterocycles. The van der Waals surface area contributed by atoms with Crippen LogP contribution < -0.4 is 15.4 Å². The molecular formula is C25H33IN6O2. The minimum Gasteiger partial charge on any atom is -0.488 e. The number of nitrogens with zero attached hydrogens (tertiary/aromatic N) is 4. The number of imidazole rings is 1. The topological polar surface area (TPSA) is 85.6 Å². The Bertz CT molecular complexity index is 1080. The van der Waals surface area contributed by atoms with Crippen LogP contribution in [0.2, 0.25) is 0 Å². The fraction of sp³-hybridized carbons (Fsp3) is 0.400. The first-order chi connectivity index (χ1) is 16.1. The normalized spacial score (nSPS) is 15.6. The van der Waals surface area contributed by atoms with Crippen LogP contribution in [0.25, 0.3) is 5.82 Å². The van der Waals surface area contributed by atoms with E-state index in [9.17, 15) is 0 Å². The Morgan fingerprint density at radius 2 is 2.09 bits per heavy atom. The molecule has 9 heteroatoms. The molecule has 0 aliphatic carbocycles. The van der Waals surface area contributed by atoms with Crippen molar-refractivity contribution in [3.05, 3.63) is 71.4 Å². The van der Waals surface area contributed by atoms with Gasteiger partial charge in [-0.1, -0.05) is 18.2 Å². The highest BCUT2D eigenvalue weighted by molar-refractivity contribution is 14.0. The van der Waals surface area contributed by atoms with Crippen LogP contribution >= 0.6 is 24.0 Å². The molecule has 0 spiro atoms. The first-order valence-corrected chi connectivity index (χ1v) is 11.4. The molecule has 1 saturated heterocycles. The van der Waals surface area contributed by atoms with Crippen LogP contribution in [0.1, 0.15) is 35.9 Å². The van der Waals surface area contributed by atoms with Gasteiger partial charge in [0.25, 0.3) is 0 Å². The Hall–Kier alpha value is -2.66. The maximum absolute atomic E-state index is 6.22. The number of aryl methyl sites for hydroxylation is 2. The summed E-state index contributed by atoms with van der Waals surface area (Å²) in [6.45, 7) is 9.43. The molecule has 8 nitrogen and oxygen atoms in total. The molecule has 1 aromatic carbocycles. The standard InChI is InChI=1S/C25H32N6O2.HI/c1-4-26-25(29-15-20-6-8-24(28-14-20)31-11-10-27-19(31)3)30-16-21-7-5-18(2)13-23(21)33-22-9-12-32-17-22;/h5-8,10-11,13-14,22H,4,9,12,15-17H2,1-3H3,(H2,26,29,30);1H. The molecule has 3 aromatic rings. The smallest absolute Gasteiger partial charge is 0.191 e. The van der Waals surface area contributed by atoms with Crippen molar-refractivity contribution >= 4 is 29.9 Å². The maximum Gasteiger partial charge on any atom is 0.191 e. The largest absolute Gasteiger partial charge is 0.488 e. The molecule has 0 amide bonds. The lowest BCUT2D eigenvalue weighted by molar-refractivity contribution is 0.140. The van der Waals surface area contributed by atoms with Gasteiger partial charge in [0.1, 0.15) is 23.5 Å². The lowest BCUT2D eigenvalue weighted by Crippen LogP contribution is -2.37. The van der Waals surface area contributed by atoms with Gasteiger partial charge in [0.05, 0.1) is 19.8 Å². The Labute approximate surface area is 218 Å². The van der Waals surface area contributed by atoms with Crippen molar-refractivity contribution in [1.82, 2.24) is 25.2 Å². The summed E-state index contributed by atoms with van der Waals surface area (Å²) in [7, 11) is 0. The Kier molecular flexibility index (Phi) is 9.70. The highest BCUT2D eigenvalue weighted by Gasteiger charge is 2.18. The number of hydrogen-bond donors (Lipinski definition) is 2. The van der Waals surface area contributed by atoms with Gasteiger partial charge in [-0.3, -0.25) is 4.57 Å². The Balaban J connectivity index is 0.00000324. The fourth-order valence-corrected chi connectivity index (χ4v) is 3.67. The minimum atomic E-state index is 0. The highest BCUT2D eigenvalue weighted by atomic mass is 127. The van der Waals surface area contributed by atoms with E-state index >= 15 is 0 Å². The SMILES string of the molecule is CCNC(=NCc1ccc(-n2ccnc2C)nc1)NCc1ccc(C)cc1OC1CCOC1.I. The summed E-state index contributed by atoms with van der Waals surface area (Å²) in [6, 6.07) is 10.3. The zero-order chi connectivity index (χ0) is 23.0. The predicted octanol–water partition coefficient (Wildman–Crippen LogP) is 3.93. The highest BCUT2D eigenvalue weighted by Crippen LogP contribution is 2.23. The first-order valence-electron chi connectivity index (χ1n) is 11.4. The average Bonchev–Trinajstić information content (AvgIpc) is 3.49. The Morgan fingerprint density at radius 1 is 1.21 bits per heavy atom. The molecular weight excluding hydrogens is 543 g/mol. The van der Waals surface area contributed by atoms with Crippen molar-refractivity contribution in [3.8, 4) is 11.6 Å². The van der Waals surface area contributed by atoms with Crippen LogP contribution in [0.15, 0.2) is 53.9 Å². The van der Waals surface area contributed by atoms with Crippen LogP contribution in [0.3, 0.4) is 0 Å². The zero-order valence-electron chi connectivity index (χ0n) is 20.0. The van der Waals surface area contributed by atoms with E-state index < -0.39 is 0 Å². The first kappa shape index (κ1) is 26.0. The number of guanidine groups is 1. The maximum atomic E-state index is 6.22. The summed E-state index contributed by atoms with van der Waals surface area (Å²) >= 11 is 0. The van der Waals surface area contributed by atoms with Gasteiger partial charge in [-0.15, -0.1) is 24.0 Å². The number of benzene rings is 1. The second-order valence-electron chi connectivity index (χ2n) is 8.13. The van der Waals surface area contributed by atoms with Crippen LogP contribution in [0, 0.1) is 13.8 Å². The Morgan fingerprint density at radius 3 is 2.76 bits per heavy atom. The van der Waals surface area contributed by atoms with Crippen LogP contribution in [-0.2, 0) is 17.8 Å². The van der Waals surface area contributed by atoms with Crippen LogP contribution in [0.5, 0.6) is 5.75 Å². The molecule has 1 fully saturated rings. The van der Waals surface area contributed by atoms with Gasteiger partial charge in [0.2, 0.25) is 0 Å². The van der Waals surface area contributed by atoms with E-state index in [1.54, 1.807) is 6.20 Å². The molecule has 1 atom stereocenters. The van der Waals surface area contributed by atoms with Crippen molar-refractivity contribution in [2.24, 2.45) is 4.99 Å². The average molecular weight is 576 g/mol. The van der Waals surface area contributed by atoms with Crippen molar-refractivity contribution in [2.45, 2.75) is 46.4 Å². The van der Waals surface area contributed by atoms with E-state index in [1.165, 1.54) is 5.56 Å². The molecule has 0 radical (unpaired) electrons. The fourth-order valence-electron chi connectivity index (χ4n) is 3.67. The molecule has 4 rings (SSSR count). The van der Waals surface area contributed by atoms with E-state index in [2.05, 4.69) is 52.6 Å². The molecule has 2 N–H and O–H groups in total. The quantitative estimate of drug-likeness (QED) is 0.240. The third kappa shape index (κ3) is 6.92. The number of aromatic nitrogens is 3. The van der Waals surface area contributed by atoms with Gasteiger partial charge >= 0.3 is 0 Å². The molecule has 0 saturated carbocycles. The van der Waals surface area contributed by atoms with Crippen LogP contribution in [-0.4, -0.2) is 46.4 Å². The summed E-state index contributed by atoms with van der Waals surface area (Å²) in [5.74, 6) is 3.42. The lowest BCUT2D eigenvalue weighted by Gasteiger charge is -2.18. The number of hydrogen-bond acceptors (Lipinski definition) is 5. The van der Waals surface area contributed by atoms with Gasteiger partial charge in [-0.05, 0) is 44.0 Å². The van der Waals surface area contributed by atoms with E-state index in [1.807, 2.05) is 36.0 Å². The van der Waals surface area contributed by atoms with E-state index in [4.69, 9.17) is 14.5 Å². The van der Waals surface area contributed by atoms with Gasteiger partial charge in [-0.25, -0.2) is 15.0 Å². The number of halogens is 1. The van der Waals surface area contributed by atoms with Gasteiger partial charge in [-0.2, -0.15) is 0 Å². The predicted molar refractivity (Wildman–Crippen MR) is 144 cm³/mol. The third-order valence-electron chi connectivity index (χ3n) is 5.50. The molecule has 1 aliphatic rings. The minimum absolute atomic E-state index is 0. The summed E-state index contributed by atoms with van der Waals surface area (Å²) in [5, 5.41) is 6.74. The van der Waals surface area contributed by atoms with E-state index in [-0.39, 0.29) is 30.1 Å². The number of ether oxygens (including phenoxy) is 2. The van der Waals surface area contributed by atoms with Gasteiger partial charge in [0.15, 0.2) is 5.96 Å². The number of nitrogens with one attached hydrogen (secondary N) is 2. The second kappa shape index (κ2) is 12.7. The molecule has 1 aliphatic heterocycles. The number of rotatable bonds is 8. The molecule has 34 heavy (non-hydrogen) atoms. The van der Waals surface area contributed by atoms with Gasteiger partial charge in [0, 0.05) is 43.7 Å². The van der Waals surface area contributed by atoms with Crippen molar-refractivity contribution in [1.29, 1.82) is 0 Å². The van der Waals surface area contributed by atoms with Crippen molar-refractivity contribution < 1.29 is 9.47 Å². The van der Waals surface area contributed by atoms with Crippen molar-refractivity contribution in [2.75, 3.05) is 19.8 Å². The summed E-state index contributed by atoms with van der Waals surface area (Å²) in [4.78, 5) is 13.5. The summed E-state index contributed by atoms with van der Waals surface area (Å²) < 4.78 is 13.6. The number of pyridine rings is 1. The summed E-state index contributed by atoms with van der Waals surface area (Å²) in [6.07, 6.45) is 6.59. The van der Waals surface area contributed by atoms with Gasteiger partial charge < -0.3 is 20.1 Å². The van der Waals surface area contributed by atoms with Crippen molar-refractivity contribution in [3.63, 3.8) is 0 Å². The third-order valence-corrected chi connectivity index (χ3v) is 5.50.